The second-order valence-electron chi connectivity index (χ2n) is 6.00. The summed E-state index contributed by atoms with van der Waals surface area (Å²) in [6.07, 6.45) is 0. The molecule has 9 nitrogen and oxygen atoms in total. The number of nitro groups is 1. The fourth-order valence-electron chi connectivity index (χ4n) is 2.86. The Kier molecular flexibility index (Phi) is 4.75. The van der Waals surface area contributed by atoms with Gasteiger partial charge in [-0.15, -0.1) is 0 Å². The van der Waals surface area contributed by atoms with Crippen LogP contribution in [0.4, 0.5) is 11.4 Å². The zero-order chi connectivity index (χ0) is 20.6. The number of aromatic hydroxyl groups is 1. The van der Waals surface area contributed by atoms with Crippen molar-refractivity contribution in [2.24, 2.45) is 0 Å². The van der Waals surface area contributed by atoms with Gasteiger partial charge in [-0.3, -0.25) is 19.5 Å². The molecule has 0 saturated heterocycles. The number of nitrogens with one attached hydrogen (secondary N) is 1. The van der Waals surface area contributed by atoms with Crippen molar-refractivity contribution in [1.82, 2.24) is 0 Å². The number of aryl methyl sites for hydroxylation is 1. The first kappa shape index (κ1) is 19.3. The van der Waals surface area contributed by atoms with Crippen LogP contribution in [0.15, 0.2) is 53.4 Å². The fraction of sp³-hybridized carbons (Fsp3) is 0.0556. The van der Waals surface area contributed by atoms with Gasteiger partial charge in [0, 0.05) is 28.0 Å². The van der Waals surface area contributed by atoms with Crippen molar-refractivity contribution < 1.29 is 27.8 Å². The molecule has 3 aromatic rings. The second kappa shape index (κ2) is 6.91. The number of carbonyl (C=O) groups excluding carboxylic acids is 1. The number of amides is 1. The lowest BCUT2D eigenvalue weighted by molar-refractivity contribution is -0.385. The van der Waals surface area contributed by atoms with E-state index < -0.39 is 20.9 Å². The second-order valence-corrected chi connectivity index (χ2v) is 7.39. The molecule has 3 aromatic carbocycles. The molecule has 0 fully saturated rings. The van der Waals surface area contributed by atoms with Crippen molar-refractivity contribution in [3.63, 3.8) is 0 Å². The Labute approximate surface area is 159 Å². The van der Waals surface area contributed by atoms with Gasteiger partial charge >= 0.3 is 0 Å². The Balaban J connectivity index is 2.07. The molecule has 0 aromatic heterocycles. The maximum absolute atomic E-state index is 12.6. The monoisotopic (exact) mass is 402 g/mol. The third kappa shape index (κ3) is 3.50. The zero-order valence-corrected chi connectivity index (χ0v) is 15.2. The minimum Gasteiger partial charge on any atom is -0.506 e. The maximum atomic E-state index is 12.6. The average molecular weight is 402 g/mol. The summed E-state index contributed by atoms with van der Waals surface area (Å²) in [5.41, 5.74) is 0.213. The first-order chi connectivity index (χ1) is 13.1. The number of anilines is 1. The molecule has 0 aliphatic heterocycles. The number of phenols is 1. The SMILES string of the molecule is Cc1cc(C(=O)Nc2c(O)ccc3c(S(=O)(=O)O)cccc23)ccc1[N+](=O)[O-]. The molecule has 3 rings (SSSR count). The van der Waals surface area contributed by atoms with E-state index in [9.17, 15) is 33.0 Å². The van der Waals surface area contributed by atoms with Gasteiger partial charge in [0.25, 0.3) is 21.7 Å². The van der Waals surface area contributed by atoms with Crippen LogP contribution in [0, 0.1) is 17.0 Å². The van der Waals surface area contributed by atoms with Crippen molar-refractivity contribution >= 4 is 38.2 Å². The molecular formula is C18H14N2O7S. The number of nitro benzene ring substituents is 1. The number of hydrogen-bond donors (Lipinski definition) is 3. The Hall–Kier alpha value is -3.50. The summed E-state index contributed by atoms with van der Waals surface area (Å²) in [5.74, 6) is -0.968. The van der Waals surface area contributed by atoms with E-state index in [4.69, 9.17) is 0 Å². The Morgan fingerprint density at radius 2 is 1.82 bits per heavy atom. The normalized spacial score (nSPS) is 11.4. The third-order valence-corrected chi connectivity index (χ3v) is 5.08. The van der Waals surface area contributed by atoms with Crippen LogP contribution >= 0.6 is 0 Å². The molecule has 0 spiro atoms. The summed E-state index contributed by atoms with van der Waals surface area (Å²) in [6, 6.07) is 10.3. The number of carbonyl (C=O) groups is 1. The number of fused-ring (bicyclic) bond motifs is 1. The predicted molar refractivity (Wildman–Crippen MR) is 101 cm³/mol. The van der Waals surface area contributed by atoms with Crippen LogP contribution in [0.2, 0.25) is 0 Å². The Morgan fingerprint density at radius 3 is 2.43 bits per heavy atom. The van der Waals surface area contributed by atoms with Crippen LogP contribution in [-0.4, -0.2) is 28.9 Å². The molecule has 0 aliphatic carbocycles. The zero-order valence-electron chi connectivity index (χ0n) is 14.4. The van der Waals surface area contributed by atoms with E-state index in [1.165, 1.54) is 55.5 Å². The lowest BCUT2D eigenvalue weighted by Gasteiger charge is -2.13. The highest BCUT2D eigenvalue weighted by atomic mass is 32.2. The Bertz CT molecular complexity index is 1240. The summed E-state index contributed by atoms with van der Waals surface area (Å²) in [6.45, 7) is 1.49. The number of hydrogen-bond acceptors (Lipinski definition) is 6. The molecule has 0 aliphatic rings. The number of nitrogens with zero attached hydrogens (tertiary/aromatic N) is 1. The number of phenolic OH excluding ortho intramolecular Hbond substituents is 1. The van der Waals surface area contributed by atoms with Gasteiger partial charge in [0.2, 0.25) is 0 Å². The molecule has 3 N–H and O–H groups in total. The van der Waals surface area contributed by atoms with E-state index in [0.29, 0.717) is 0 Å². The van der Waals surface area contributed by atoms with Crippen LogP contribution in [0.25, 0.3) is 10.8 Å². The van der Waals surface area contributed by atoms with Gasteiger partial charge in [0.05, 0.1) is 10.6 Å². The summed E-state index contributed by atoms with van der Waals surface area (Å²) in [7, 11) is -4.52. The van der Waals surface area contributed by atoms with Crippen LogP contribution in [0.1, 0.15) is 15.9 Å². The van der Waals surface area contributed by atoms with Gasteiger partial charge in [0.15, 0.2) is 0 Å². The molecule has 144 valence electrons. The van der Waals surface area contributed by atoms with E-state index in [-0.39, 0.29) is 43.9 Å². The van der Waals surface area contributed by atoms with Crippen molar-refractivity contribution in [1.29, 1.82) is 0 Å². The molecule has 28 heavy (non-hydrogen) atoms. The van der Waals surface area contributed by atoms with Gasteiger partial charge in [-0.2, -0.15) is 8.42 Å². The molecular weight excluding hydrogens is 388 g/mol. The third-order valence-electron chi connectivity index (χ3n) is 4.17. The Morgan fingerprint density at radius 1 is 1.11 bits per heavy atom. The summed E-state index contributed by atoms with van der Waals surface area (Å²) < 4.78 is 32.5. The van der Waals surface area contributed by atoms with Gasteiger partial charge in [-0.1, -0.05) is 12.1 Å². The van der Waals surface area contributed by atoms with E-state index in [2.05, 4.69) is 5.32 Å². The minimum absolute atomic E-state index is 0.0518. The van der Waals surface area contributed by atoms with E-state index in [1.807, 2.05) is 0 Å². The van der Waals surface area contributed by atoms with Crippen molar-refractivity contribution in [2.75, 3.05) is 5.32 Å². The van der Waals surface area contributed by atoms with Gasteiger partial charge in [-0.25, -0.2) is 0 Å². The molecule has 0 unspecified atom stereocenters. The molecule has 10 heteroatoms. The molecule has 0 bridgehead atoms. The highest BCUT2D eigenvalue weighted by Crippen LogP contribution is 2.35. The molecule has 0 radical (unpaired) electrons. The quantitative estimate of drug-likeness (QED) is 0.263. The van der Waals surface area contributed by atoms with Crippen molar-refractivity contribution in [2.45, 2.75) is 11.8 Å². The first-order valence-electron chi connectivity index (χ1n) is 7.88. The van der Waals surface area contributed by atoms with Crippen molar-refractivity contribution in [3.05, 3.63) is 69.8 Å². The number of benzene rings is 3. The smallest absolute Gasteiger partial charge is 0.295 e. The van der Waals surface area contributed by atoms with Crippen LogP contribution in [-0.2, 0) is 10.1 Å². The van der Waals surface area contributed by atoms with E-state index in [0.717, 1.165) is 0 Å². The standard InChI is InChI=1S/C18H14N2O7S/c1-10-9-11(5-7-14(10)20(23)24)18(22)19-17-13-3-2-4-16(28(25,26)27)12(13)6-8-15(17)21/h2-9,21H,1H3,(H,19,22)(H,25,26,27). The van der Waals surface area contributed by atoms with Gasteiger partial charge < -0.3 is 10.4 Å². The van der Waals surface area contributed by atoms with Gasteiger partial charge in [0.1, 0.15) is 10.6 Å². The highest BCUT2D eigenvalue weighted by molar-refractivity contribution is 7.86. The lowest BCUT2D eigenvalue weighted by Crippen LogP contribution is -2.13. The van der Waals surface area contributed by atoms with E-state index in [1.54, 1.807) is 0 Å². The average Bonchev–Trinajstić information content (AvgIpc) is 2.62. The highest BCUT2D eigenvalue weighted by Gasteiger charge is 2.19. The summed E-state index contributed by atoms with van der Waals surface area (Å²) in [5, 5.41) is 23.8. The topological polar surface area (TPSA) is 147 Å². The molecule has 0 saturated carbocycles. The lowest BCUT2D eigenvalue weighted by atomic mass is 10.1. The van der Waals surface area contributed by atoms with Crippen LogP contribution in [0.3, 0.4) is 0 Å². The van der Waals surface area contributed by atoms with E-state index >= 15 is 0 Å². The predicted octanol–water partition coefficient (Wildman–Crippen LogP) is 3.26. The number of rotatable bonds is 4. The summed E-state index contributed by atoms with van der Waals surface area (Å²) in [4.78, 5) is 22.5. The molecule has 1 amide bonds. The van der Waals surface area contributed by atoms with Gasteiger partial charge in [-0.05, 0) is 37.3 Å². The maximum Gasteiger partial charge on any atom is 0.295 e. The molecule has 0 heterocycles. The summed E-state index contributed by atoms with van der Waals surface area (Å²) >= 11 is 0. The largest absolute Gasteiger partial charge is 0.506 e. The fourth-order valence-corrected chi connectivity index (χ4v) is 3.57. The first-order valence-corrected chi connectivity index (χ1v) is 9.32. The van der Waals surface area contributed by atoms with Crippen LogP contribution in [0.5, 0.6) is 5.75 Å². The van der Waals surface area contributed by atoms with Crippen LogP contribution < -0.4 is 5.32 Å². The van der Waals surface area contributed by atoms with Crippen molar-refractivity contribution in [3.8, 4) is 5.75 Å². The molecule has 0 atom stereocenters. The minimum atomic E-state index is -4.52.